The summed E-state index contributed by atoms with van der Waals surface area (Å²) < 4.78 is 1.32. The molecule has 2 atom stereocenters. The summed E-state index contributed by atoms with van der Waals surface area (Å²) in [5.41, 5.74) is 0.243. The fraction of sp³-hybridized carbons (Fsp3) is 0.636. The van der Waals surface area contributed by atoms with Gasteiger partial charge in [-0.3, -0.25) is 4.79 Å². The zero-order valence-electron chi connectivity index (χ0n) is 11.0. The number of hydrogen-bond donors (Lipinski definition) is 2. The molecule has 0 saturated heterocycles. The minimum absolute atomic E-state index is 0.0720. The molecule has 0 aliphatic carbocycles. The summed E-state index contributed by atoms with van der Waals surface area (Å²) in [6.45, 7) is 7.11. The number of rotatable bonds is 5. The molecule has 18 heavy (non-hydrogen) atoms. The zero-order chi connectivity index (χ0) is 13.9. The second-order valence-corrected chi connectivity index (χ2v) is 4.27. The third-order valence-electron chi connectivity index (χ3n) is 2.88. The second-order valence-electron chi connectivity index (χ2n) is 4.27. The third kappa shape index (κ3) is 2.85. The Bertz CT molecular complexity index is 455. The van der Waals surface area contributed by atoms with Crippen LogP contribution in [-0.4, -0.2) is 38.0 Å². The van der Waals surface area contributed by atoms with E-state index in [1.807, 2.05) is 13.8 Å². The zero-order valence-corrected chi connectivity index (χ0v) is 11.0. The lowest BCUT2D eigenvalue weighted by Gasteiger charge is -2.17. The van der Waals surface area contributed by atoms with Crippen molar-refractivity contribution in [1.29, 1.82) is 0 Å². The van der Waals surface area contributed by atoms with Crippen molar-refractivity contribution in [1.82, 2.24) is 20.3 Å². The molecule has 0 aromatic carbocycles. The van der Waals surface area contributed by atoms with Crippen molar-refractivity contribution in [3.8, 4) is 0 Å². The van der Waals surface area contributed by atoms with Crippen molar-refractivity contribution < 1.29 is 14.7 Å². The largest absolute Gasteiger partial charge is 0.476 e. The summed E-state index contributed by atoms with van der Waals surface area (Å²) in [4.78, 5) is 22.7. The highest BCUT2D eigenvalue weighted by Crippen LogP contribution is 2.11. The Balaban J connectivity index is 2.87. The molecule has 100 valence electrons. The quantitative estimate of drug-likeness (QED) is 0.808. The van der Waals surface area contributed by atoms with E-state index >= 15 is 0 Å². The van der Waals surface area contributed by atoms with Crippen LogP contribution in [0.5, 0.6) is 0 Å². The molecule has 2 unspecified atom stereocenters. The summed E-state index contributed by atoms with van der Waals surface area (Å²) in [5, 5.41) is 19.0. The first kappa shape index (κ1) is 14.1. The van der Waals surface area contributed by atoms with Crippen LogP contribution in [0.15, 0.2) is 0 Å². The number of nitrogens with zero attached hydrogens (tertiary/aromatic N) is 3. The maximum atomic E-state index is 11.9. The molecule has 1 heterocycles. The van der Waals surface area contributed by atoms with Gasteiger partial charge in [-0.05, 0) is 27.2 Å². The molecule has 7 nitrogen and oxygen atoms in total. The van der Waals surface area contributed by atoms with Gasteiger partial charge in [0, 0.05) is 6.04 Å². The number of hydrogen-bond acceptors (Lipinski definition) is 4. The summed E-state index contributed by atoms with van der Waals surface area (Å²) in [6.07, 6.45) is 0.829. The van der Waals surface area contributed by atoms with Crippen molar-refractivity contribution in [3.63, 3.8) is 0 Å². The van der Waals surface area contributed by atoms with E-state index < -0.39 is 12.0 Å². The summed E-state index contributed by atoms with van der Waals surface area (Å²) in [6, 6.07) is -0.512. The van der Waals surface area contributed by atoms with E-state index in [0.717, 1.165) is 6.42 Å². The van der Waals surface area contributed by atoms with E-state index in [0.29, 0.717) is 5.69 Å². The molecule has 1 aromatic rings. The number of amides is 1. The standard InChI is InChI=1S/C11H18N4O3/c1-5-6(2)12-10(16)8(4)15-7(3)9(11(17)18)13-14-15/h6,8H,5H2,1-4H3,(H,12,16)(H,17,18). The van der Waals surface area contributed by atoms with Crippen LogP contribution in [-0.2, 0) is 4.79 Å². The first-order chi connectivity index (χ1) is 8.38. The van der Waals surface area contributed by atoms with Crippen LogP contribution in [0.25, 0.3) is 0 Å². The minimum atomic E-state index is -1.15. The van der Waals surface area contributed by atoms with Gasteiger partial charge in [0.25, 0.3) is 0 Å². The van der Waals surface area contributed by atoms with Gasteiger partial charge in [0.1, 0.15) is 6.04 Å². The van der Waals surface area contributed by atoms with Crippen LogP contribution in [0.1, 0.15) is 49.4 Å². The van der Waals surface area contributed by atoms with E-state index in [9.17, 15) is 9.59 Å². The molecule has 2 N–H and O–H groups in total. The highest BCUT2D eigenvalue weighted by molar-refractivity contribution is 5.86. The number of carboxylic acids is 1. The van der Waals surface area contributed by atoms with Crippen LogP contribution in [0, 0.1) is 6.92 Å². The Kier molecular flexibility index (Phi) is 4.41. The van der Waals surface area contributed by atoms with Gasteiger partial charge in [0.15, 0.2) is 5.69 Å². The number of aromatic carboxylic acids is 1. The number of carbonyl (C=O) groups is 2. The number of nitrogens with one attached hydrogen (secondary N) is 1. The predicted octanol–water partition coefficient (Wildman–Crippen LogP) is 0.760. The van der Waals surface area contributed by atoms with E-state index in [1.54, 1.807) is 13.8 Å². The molecule has 1 amide bonds. The molecule has 0 aliphatic rings. The van der Waals surface area contributed by atoms with Gasteiger partial charge < -0.3 is 10.4 Å². The van der Waals surface area contributed by atoms with Crippen molar-refractivity contribution in [2.24, 2.45) is 0 Å². The number of carbonyl (C=O) groups excluding carboxylic acids is 1. The highest BCUT2D eigenvalue weighted by Gasteiger charge is 2.23. The smallest absolute Gasteiger partial charge is 0.358 e. The maximum Gasteiger partial charge on any atom is 0.358 e. The topological polar surface area (TPSA) is 97.1 Å². The van der Waals surface area contributed by atoms with E-state index in [1.165, 1.54) is 4.68 Å². The second kappa shape index (κ2) is 5.61. The summed E-state index contributed by atoms with van der Waals surface area (Å²) >= 11 is 0. The normalized spacial score (nSPS) is 14.0. The fourth-order valence-electron chi connectivity index (χ4n) is 1.48. The number of aromatic nitrogens is 3. The van der Waals surface area contributed by atoms with E-state index in [-0.39, 0.29) is 17.6 Å². The average molecular weight is 254 g/mol. The lowest BCUT2D eigenvalue weighted by molar-refractivity contribution is -0.124. The van der Waals surface area contributed by atoms with Gasteiger partial charge in [0.2, 0.25) is 5.91 Å². The van der Waals surface area contributed by atoms with Gasteiger partial charge in [-0.25, -0.2) is 9.48 Å². The van der Waals surface area contributed by atoms with Gasteiger partial charge >= 0.3 is 5.97 Å². The monoisotopic (exact) mass is 254 g/mol. The fourth-order valence-corrected chi connectivity index (χ4v) is 1.48. The average Bonchev–Trinajstić information content (AvgIpc) is 2.69. The van der Waals surface area contributed by atoms with Crippen LogP contribution in [0.2, 0.25) is 0 Å². The predicted molar refractivity (Wildman–Crippen MR) is 64.3 cm³/mol. The molecule has 0 saturated carbocycles. The Morgan fingerprint density at radius 1 is 1.44 bits per heavy atom. The molecule has 0 radical (unpaired) electrons. The Labute approximate surface area is 105 Å². The van der Waals surface area contributed by atoms with Crippen molar-refractivity contribution in [2.75, 3.05) is 0 Å². The van der Waals surface area contributed by atoms with Crippen LogP contribution >= 0.6 is 0 Å². The SMILES string of the molecule is CCC(C)NC(=O)C(C)n1nnc(C(=O)O)c1C. The van der Waals surface area contributed by atoms with Crippen molar-refractivity contribution >= 4 is 11.9 Å². The Hall–Kier alpha value is -1.92. The molecule has 0 spiro atoms. The Morgan fingerprint density at radius 3 is 2.50 bits per heavy atom. The highest BCUT2D eigenvalue weighted by atomic mass is 16.4. The van der Waals surface area contributed by atoms with Crippen molar-refractivity contribution in [3.05, 3.63) is 11.4 Å². The van der Waals surface area contributed by atoms with E-state index in [2.05, 4.69) is 15.6 Å². The first-order valence-electron chi connectivity index (χ1n) is 5.83. The molecule has 1 aromatic heterocycles. The maximum absolute atomic E-state index is 11.9. The van der Waals surface area contributed by atoms with Gasteiger partial charge in [-0.15, -0.1) is 5.10 Å². The van der Waals surface area contributed by atoms with Crippen molar-refractivity contribution in [2.45, 2.75) is 46.2 Å². The molecular formula is C11H18N4O3. The van der Waals surface area contributed by atoms with Gasteiger partial charge in [-0.2, -0.15) is 0 Å². The molecule has 0 bridgehead atoms. The summed E-state index contributed by atoms with van der Waals surface area (Å²) in [5.74, 6) is -1.34. The molecular weight excluding hydrogens is 236 g/mol. The molecule has 1 rings (SSSR count). The molecule has 0 aliphatic heterocycles. The molecule has 7 heteroatoms. The first-order valence-corrected chi connectivity index (χ1v) is 5.83. The number of carboxylic acid groups (broad SMARTS) is 1. The third-order valence-corrected chi connectivity index (χ3v) is 2.88. The summed E-state index contributed by atoms with van der Waals surface area (Å²) in [7, 11) is 0. The van der Waals surface area contributed by atoms with Gasteiger partial charge in [-0.1, -0.05) is 12.1 Å². The lowest BCUT2D eigenvalue weighted by Crippen LogP contribution is -2.37. The van der Waals surface area contributed by atoms with Crippen LogP contribution in [0.4, 0.5) is 0 Å². The lowest BCUT2D eigenvalue weighted by atomic mass is 10.2. The van der Waals surface area contributed by atoms with E-state index in [4.69, 9.17) is 5.11 Å². The molecule has 0 fully saturated rings. The van der Waals surface area contributed by atoms with Crippen LogP contribution in [0.3, 0.4) is 0 Å². The minimum Gasteiger partial charge on any atom is -0.476 e. The Morgan fingerprint density at radius 2 is 2.06 bits per heavy atom. The van der Waals surface area contributed by atoms with Crippen LogP contribution < -0.4 is 5.32 Å². The van der Waals surface area contributed by atoms with Gasteiger partial charge in [0.05, 0.1) is 5.69 Å².